The molecule has 89 heavy (non-hydrogen) atoms. The van der Waals surface area contributed by atoms with Crippen molar-refractivity contribution in [3.63, 3.8) is 0 Å². The van der Waals surface area contributed by atoms with Gasteiger partial charge in [0.1, 0.15) is 73.6 Å². The highest BCUT2D eigenvalue weighted by molar-refractivity contribution is 5.99. The normalized spacial score (nSPS) is 26.1. The highest BCUT2D eigenvalue weighted by Gasteiger charge is 2.47. The van der Waals surface area contributed by atoms with Crippen LogP contribution in [0.4, 0.5) is 4.79 Å². The molecule has 1 saturated heterocycles. The molecule has 1 heterocycles. The molecule has 12 atom stereocenters. The molecule has 1 aliphatic heterocycles. The van der Waals surface area contributed by atoms with Gasteiger partial charge in [-0.05, 0) is 101 Å². The lowest BCUT2D eigenvalue weighted by atomic mass is 9.91. The lowest BCUT2D eigenvalue weighted by molar-refractivity contribution is -0.158. The van der Waals surface area contributed by atoms with E-state index in [2.05, 4.69) is 33.1 Å². The fourth-order valence-corrected chi connectivity index (χ4v) is 11.0. The Bertz CT molecular complexity index is 2470. The maximum absolute atomic E-state index is 15.4. The summed E-state index contributed by atoms with van der Waals surface area (Å²) in [6.07, 6.45) is 1.47. The van der Waals surface area contributed by atoms with Crippen LogP contribution in [0.1, 0.15) is 156 Å². The van der Waals surface area contributed by atoms with Crippen LogP contribution in [0.5, 0.6) is 0 Å². The molecular weight excluding hydrogens is 1150 g/mol. The number of rotatable bonds is 16. The molecule has 0 aromatic carbocycles. The third-order valence-electron chi connectivity index (χ3n) is 16.4. The average Bonchev–Trinajstić information content (AvgIpc) is 2.55. The fraction of sp³-hybridized carbons (Fsp3) is 0.766. The van der Waals surface area contributed by atoms with E-state index in [0.717, 1.165) is 9.80 Å². The first-order valence-electron chi connectivity index (χ1n) is 31.4. The van der Waals surface area contributed by atoms with E-state index in [-0.39, 0.29) is 62.2 Å². The minimum absolute atomic E-state index is 0.0363. The number of carbonyl (C=O) groups is 12. The summed E-state index contributed by atoms with van der Waals surface area (Å²) >= 11 is 0. The van der Waals surface area contributed by atoms with Gasteiger partial charge in [0, 0.05) is 49.3 Å². The average molecular weight is 1260 g/mol. The van der Waals surface area contributed by atoms with E-state index in [0.29, 0.717) is 0 Å². The van der Waals surface area contributed by atoms with E-state index in [1.54, 1.807) is 60.6 Å². The van der Waals surface area contributed by atoms with Gasteiger partial charge in [-0.25, -0.2) is 4.79 Å². The van der Waals surface area contributed by atoms with Crippen LogP contribution < -0.4 is 21.3 Å². The monoisotopic (exact) mass is 1260 g/mol. The molecule has 1 radical (unpaired) electrons. The lowest BCUT2D eigenvalue weighted by Gasteiger charge is -2.42. The van der Waals surface area contributed by atoms with E-state index in [1.165, 1.54) is 87.7 Å². The summed E-state index contributed by atoms with van der Waals surface area (Å²) in [6, 6.07) is -12.8. The summed E-state index contributed by atoms with van der Waals surface area (Å²) in [7, 11) is 12.9. The quantitative estimate of drug-likeness (QED) is 0.124. The largest absolute Gasteiger partial charge is 0.508 e. The highest BCUT2D eigenvalue weighted by atomic mass is 16.7. The standard InChI is InChI=1S/C64H112N11O14/c1-26-28-29-41(15)53(89-64(87)88-25)52-57(80)67-44(27-2)59(82)69(18)34-49(76)70(19)45(30-35(3)4)56(79)68-50(39(11)12)62(85)71(20)46(31-36(5)6)55(78)65-42(16)54(77)66-43(17)58(81)72(21)47(32-37(7)8)60(83)73(22)48(33-38(9)10)61(84)74(23)51(40(13)14)63(86)75(52)24/h26,28,35-48,50-53H,25,27,29-34H2,1-24H3,(H,65,78)(H,66,77)(H,67,80)(H,68,79)/b28-26+/t41-,42?,43?,44?,45+,46?,47?,48?,50?,51?,52?,53?/m1/s1. The Hall–Kier alpha value is -6.82. The van der Waals surface area contributed by atoms with Gasteiger partial charge in [-0.1, -0.05) is 109 Å². The Morgan fingerprint density at radius 2 is 0.933 bits per heavy atom. The SMILES string of the molecule is [CH2]OC(=O)OC(C1C(=O)NC(CC)C(=O)N(C)CC(=O)N(C)[C@@H](CC(C)C)C(=O)NC(C(C)C)C(=O)N(C)C(CC(C)C)C(=O)NC(C)C(=O)NC(C)C(=O)N(C)C(CC(C)C)C(=O)N(C)C(CC(C)C)C(=O)N(C)C(C(C)C)C(=O)N1C)[C@H](C)C/C=C/C. The van der Waals surface area contributed by atoms with Crippen LogP contribution in [0.15, 0.2) is 12.2 Å². The molecule has 1 rings (SSSR count). The van der Waals surface area contributed by atoms with E-state index in [1.807, 2.05) is 55.4 Å². The third-order valence-corrected chi connectivity index (χ3v) is 16.4. The van der Waals surface area contributed by atoms with Gasteiger partial charge in [0.2, 0.25) is 65.0 Å². The van der Waals surface area contributed by atoms with Crippen molar-refractivity contribution in [3.8, 4) is 0 Å². The molecule has 507 valence electrons. The molecular formula is C64H112N11O14. The van der Waals surface area contributed by atoms with Crippen molar-refractivity contribution in [2.45, 2.75) is 223 Å². The van der Waals surface area contributed by atoms with Crippen LogP contribution in [0.25, 0.3) is 0 Å². The number of hydrogen-bond donors (Lipinski definition) is 4. The van der Waals surface area contributed by atoms with Crippen LogP contribution in [0, 0.1) is 48.5 Å². The van der Waals surface area contributed by atoms with Crippen LogP contribution >= 0.6 is 0 Å². The van der Waals surface area contributed by atoms with Gasteiger partial charge < -0.3 is 65.0 Å². The molecule has 0 saturated carbocycles. The Morgan fingerprint density at radius 3 is 1.38 bits per heavy atom. The maximum atomic E-state index is 15.4. The van der Waals surface area contributed by atoms with Crippen molar-refractivity contribution in [1.82, 2.24) is 55.6 Å². The van der Waals surface area contributed by atoms with Crippen molar-refractivity contribution >= 4 is 71.1 Å². The number of allylic oxidation sites excluding steroid dienone is 2. The first kappa shape index (κ1) is 80.2. The number of likely N-dealkylation sites (N-methyl/N-ethyl adjacent to an activating group) is 7. The fourth-order valence-electron chi connectivity index (χ4n) is 11.0. The minimum atomic E-state index is -1.71. The zero-order valence-electron chi connectivity index (χ0n) is 58.0. The number of nitrogens with one attached hydrogen (secondary N) is 4. The zero-order valence-corrected chi connectivity index (χ0v) is 58.0. The number of amides is 11. The molecule has 0 bridgehead atoms. The Morgan fingerprint density at radius 1 is 0.506 bits per heavy atom. The van der Waals surface area contributed by atoms with Crippen LogP contribution in [0.3, 0.4) is 0 Å². The van der Waals surface area contributed by atoms with Gasteiger partial charge in [0.05, 0.1) is 6.54 Å². The molecule has 1 aliphatic rings. The van der Waals surface area contributed by atoms with E-state index >= 15 is 19.2 Å². The Labute approximate surface area is 531 Å². The molecule has 0 aliphatic carbocycles. The number of nitrogens with zero attached hydrogens (tertiary/aromatic N) is 7. The Balaban J connectivity index is 4.46. The summed E-state index contributed by atoms with van der Waals surface area (Å²) in [5.41, 5.74) is 0. The van der Waals surface area contributed by atoms with Gasteiger partial charge in [-0.3, -0.25) is 52.7 Å². The summed E-state index contributed by atoms with van der Waals surface area (Å²) in [5.74, 6) is -10.4. The maximum Gasteiger partial charge on any atom is 0.508 e. The predicted molar refractivity (Wildman–Crippen MR) is 339 cm³/mol. The molecule has 1 fully saturated rings. The van der Waals surface area contributed by atoms with E-state index in [9.17, 15) is 38.4 Å². The second kappa shape index (κ2) is 36.7. The number of carbonyl (C=O) groups excluding carboxylic acids is 12. The summed E-state index contributed by atoms with van der Waals surface area (Å²) in [5, 5.41) is 11.0. The van der Waals surface area contributed by atoms with E-state index < -0.39 is 162 Å². The van der Waals surface area contributed by atoms with Gasteiger partial charge >= 0.3 is 6.16 Å². The first-order chi connectivity index (χ1) is 41.1. The molecule has 0 spiro atoms. The minimum Gasteiger partial charge on any atom is -0.431 e. The number of hydrogen-bond acceptors (Lipinski definition) is 14. The van der Waals surface area contributed by atoms with Crippen LogP contribution in [-0.4, -0.2) is 228 Å². The molecule has 10 unspecified atom stereocenters. The second-order valence-electron chi connectivity index (χ2n) is 26.6. The molecule has 25 nitrogen and oxygen atoms in total. The van der Waals surface area contributed by atoms with Crippen molar-refractivity contribution in [2.24, 2.45) is 41.4 Å². The predicted octanol–water partition coefficient (Wildman–Crippen LogP) is 4.22. The van der Waals surface area contributed by atoms with Crippen molar-refractivity contribution in [2.75, 3.05) is 55.9 Å². The van der Waals surface area contributed by atoms with Gasteiger partial charge in [0.25, 0.3) is 0 Å². The molecule has 11 amide bonds. The van der Waals surface area contributed by atoms with Crippen molar-refractivity contribution in [3.05, 3.63) is 19.3 Å². The van der Waals surface area contributed by atoms with E-state index in [4.69, 9.17) is 4.74 Å². The summed E-state index contributed by atoms with van der Waals surface area (Å²) < 4.78 is 10.5. The van der Waals surface area contributed by atoms with Crippen molar-refractivity contribution in [1.29, 1.82) is 0 Å². The topological polar surface area (TPSA) is 294 Å². The van der Waals surface area contributed by atoms with Gasteiger partial charge in [0.15, 0.2) is 0 Å². The molecule has 4 N–H and O–H groups in total. The van der Waals surface area contributed by atoms with Gasteiger partial charge in [-0.15, -0.1) is 0 Å². The summed E-state index contributed by atoms with van der Waals surface area (Å²) in [6.45, 7) is 29.0. The van der Waals surface area contributed by atoms with Crippen LogP contribution in [-0.2, 0) is 62.2 Å². The smallest absolute Gasteiger partial charge is 0.431 e. The third kappa shape index (κ3) is 22.9. The number of ether oxygens (including phenoxy) is 2. The summed E-state index contributed by atoms with van der Waals surface area (Å²) in [4.78, 5) is 183. The second-order valence-corrected chi connectivity index (χ2v) is 26.6. The molecule has 0 aromatic heterocycles. The Kier molecular flexibility index (Phi) is 33.1. The molecule has 25 heteroatoms. The van der Waals surface area contributed by atoms with Gasteiger partial charge in [-0.2, -0.15) is 0 Å². The van der Waals surface area contributed by atoms with Crippen LogP contribution in [0.2, 0.25) is 0 Å². The van der Waals surface area contributed by atoms with Crippen molar-refractivity contribution < 1.29 is 67.0 Å². The first-order valence-corrected chi connectivity index (χ1v) is 31.4. The highest BCUT2D eigenvalue weighted by Crippen LogP contribution is 2.27. The zero-order chi connectivity index (χ0) is 69.0. The lowest BCUT2D eigenvalue weighted by Crippen LogP contribution is -2.64. The molecule has 0 aromatic rings.